The zero-order valence-corrected chi connectivity index (χ0v) is 15.8. The average molecular weight is 392 g/mol. The van der Waals surface area contributed by atoms with Gasteiger partial charge < -0.3 is 9.26 Å². The van der Waals surface area contributed by atoms with Crippen molar-refractivity contribution in [3.05, 3.63) is 51.1 Å². The van der Waals surface area contributed by atoms with E-state index in [1.165, 1.54) is 11.8 Å². The zero-order chi connectivity index (χ0) is 18.1. The number of nitrogens with zero attached hydrogens (tertiary/aromatic N) is 3. The first-order valence-corrected chi connectivity index (χ1v) is 9.83. The van der Waals surface area contributed by atoms with E-state index < -0.39 is 0 Å². The molecule has 136 valence electrons. The second kappa shape index (κ2) is 7.42. The predicted molar refractivity (Wildman–Crippen MR) is 101 cm³/mol. The molecule has 4 rings (SSSR count). The highest BCUT2D eigenvalue weighted by Crippen LogP contribution is 2.25. The summed E-state index contributed by atoms with van der Waals surface area (Å²) in [6.45, 7) is 3.10. The van der Waals surface area contributed by atoms with Gasteiger partial charge in [0.2, 0.25) is 0 Å². The smallest absolute Gasteiger partial charge is 0.262 e. The summed E-state index contributed by atoms with van der Waals surface area (Å²) < 4.78 is 12.5. The molecule has 1 aliphatic heterocycles. The van der Waals surface area contributed by atoms with Crippen LogP contribution >= 0.6 is 23.4 Å². The molecule has 1 aliphatic rings. The highest BCUT2D eigenvalue weighted by molar-refractivity contribution is 7.98. The first-order valence-electron chi connectivity index (χ1n) is 8.47. The molecule has 0 unspecified atom stereocenters. The van der Waals surface area contributed by atoms with Crippen molar-refractivity contribution in [2.45, 2.75) is 43.3 Å². The van der Waals surface area contributed by atoms with Crippen LogP contribution in [0.5, 0.6) is 0 Å². The van der Waals surface area contributed by atoms with Crippen LogP contribution in [0.2, 0.25) is 5.02 Å². The third kappa shape index (κ3) is 3.65. The van der Waals surface area contributed by atoms with Gasteiger partial charge in [-0.2, -0.15) is 0 Å². The van der Waals surface area contributed by atoms with Gasteiger partial charge >= 0.3 is 0 Å². The summed E-state index contributed by atoms with van der Waals surface area (Å²) in [5, 5.41) is 5.77. The zero-order valence-electron chi connectivity index (χ0n) is 14.3. The topological polar surface area (TPSA) is 70.2 Å². The van der Waals surface area contributed by atoms with Crippen molar-refractivity contribution >= 4 is 34.3 Å². The van der Waals surface area contributed by atoms with E-state index in [0.717, 1.165) is 30.9 Å². The minimum Gasteiger partial charge on any atom is -0.376 e. The summed E-state index contributed by atoms with van der Waals surface area (Å²) in [4.78, 5) is 17.7. The van der Waals surface area contributed by atoms with E-state index >= 15 is 0 Å². The van der Waals surface area contributed by atoms with E-state index in [1.807, 2.05) is 13.0 Å². The van der Waals surface area contributed by atoms with E-state index in [9.17, 15) is 4.79 Å². The van der Waals surface area contributed by atoms with E-state index in [1.54, 1.807) is 22.8 Å². The fraction of sp³-hybridized carbons (Fsp3) is 0.389. The van der Waals surface area contributed by atoms with E-state index in [4.69, 9.17) is 20.9 Å². The molecule has 3 aromatic rings. The molecule has 1 saturated heterocycles. The molecule has 26 heavy (non-hydrogen) atoms. The van der Waals surface area contributed by atoms with Gasteiger partial charge in [-0.25, -0.2) is 4.98 Å². The molecule has 0 aliphatic carbocycles. The highest BCUT2D eigenvalue weighted by Gasteiger charge is 2.20. The molecule has 1 aromatic carbocycles. The second-order valence-electron chi connectivity index (χ2n) is 6.32. The van der Waals surface area contributed by atoms with E-state index in [2.05, 4.69) is 10.1 Å². The lowest BCUT2D eigenvalue weighted by molar-refractivity contribution is 0.0937. The van der Waals surface area contributed by atoms with Crippen LogP contribution in [-0.4, -0.2) is 27.4 Å². The van der Waals surface area contributed by atoms with Gasteiger partial charge in [0.05, 0.1) is 29.2 Å². The minimum absolute atomic E-state index is 0.0490. The van der Waals surface area contributed by atoms with Crippen LogP contribution in [0.25, 0.3) is 10.9 Å². The fourth-order valence-corrected chi connectivity index (χ4v) is 4.12. The molecule has 8 heteroatoms. The lowest BCUT2D eigenvalue weighted by Crippen LogP contribution is -2.28. The third-order valence-corrected chi connectivity index (χ3v) is 5.56. The van der Waals surface area contributed by atoms with Gasteiger partial charge in [-0.1, -0.05) is 28.5 Å². The predicted octanol–water partition coefficient (Wildman–Crippen LogP) is 3.82. The van der Waals surface area contributed by atoms with Crippen molar-refractivity contribution in [2.24, 2.45) is 0 Å². The largest absolute Gasteiger partial charge is 0.376 e. The van der Waals surface area contributed by atoms with Gasteiger partial charge in [-0.15, -0.1) is 0 Å². The number of halogens is 1. The summed E-state index contributed by atoms with van der Waals surface area (Å²) in [5.41, 5.74) is 1.35. The molecule has 3 heterocycles. The van der Waals surface area contributed by atoms with Gasteiger partial charge in [0, 0.05) is 23.4 Å². The third-order valence-electron chi connectivity index (χ3n) is 4.32. The van der Waals surface area contributed by atoms with Crippen molar-refractivity contribution in [1.82, 2.24) is 14.7 Å². The molecular formula is C18H18ClN3O3S. The van der Waals surface area contributed by atoms with Crippen LogP contribution in [0.3, 0.4) is 0 Å². The number of hydrogen-bond donors (Lipinski definition) is 0. The molecular weight excluding hydrogens is 374 g/mol. The normalized spacial score (nSPS) is 17.2. The van der Waals surface area contributed by atoms with Gasteiger partial charge in [-0.3, -0.25) is 9.36 Å². The Bertz CT molecular complexity index is 995. The monoisotopic (exact) mass is 391 g/mol. The van der Waals surface area contributed by atoms with Crippen LogP contribution in [0.15, 0.2) is 38.7 Å². The van der Waals surface area contributed by atoms with Crippen LogP contribution in [0, 0.1) is 6.92 Å². The van der Waals surface area contributed by atoms with E-state index in [0.29, 0.717) is 33.4 Å². The molecule has 0 N–H and O–H groups in total. The Hall–Kier alpha value is -1.83. The molecule has 1 atom stereocenters. The highest BCUT2D eigenvalue weighted by atomic mass is 35.5. The van der Waals surface area contributed by atoms with Crippen molar-refractivity contribution in [1.29, 1.82) is 0 Å². The molecule has 0 radical (unpaired) electrons. The number of fused-ring (bicyclic) bond motifs is 1. The molecule has 0 spiro atoms. The molecule has 0 saturated carbocycles. The number of thioether (sulfide) groups is 1. The quantitative estimate of drug-likeness (QED) is 0.486. The molecule has 1 fully saturated rings. The molecule has 0 amide bonds. The number of hydrogen-bond acceptors (Lipinski definition) is 6. The maximum Gasteiger partial charge on any atom is 0.262 e. The fourth-order valence-electron chi connectivity index (χ4n) is 3.06. The Morgan fingerprint density at radius 2 is 2.27 bits per heavy atom. The Balaban J connectivity index is 1.72. The maximum atomic E-state index is 13.0. The number of benzene rings is 1. The van der Waals surface area contributed by atoms with Crippen LogP contribution in [0.4, 0.5) is 0 Å². The number of ether oxygens (including phenoxy) is 1. The van der Waals surface area contributed by atoms with Crippen LogP contribution < -0.4 is 5.56 Å². The Kier molecular flexibility index (Phi) is 5.02. The van der Waals surface area contributed by atoms with Crippen molar-refractivity contribution < 1.29 is 9.26 Å². The number of rotatable bonds is 5. The first-order chi connectivity index (χ1) is 12.6. The minimum atomic E-state index is -0.0685. The maximum absolute atomic E-state index is 13.0. The molecule has 2 aromatic heterocycles. The van der Waals surface area contributed by atoms with Gasteiger partial charge in [0.1, 0.15) is 5.76 Å². The summed E-state index contributed by atoms with van der Waals surface area (Å²) in [6.07, 6.45) is 2.03. The second-order valence-corrected chi connectivity index (χ2v) is 7.70. The summed E-state index contributed by atoms with van der Waals surface area (Å²) in [7, 11) is 0. The number of aryl methyl sites for hydroxylation is 1. The van der Waals surface area contributed by atoms with Crippen molar-refractivity contribution in [3.8, 4) is 0 Å². The van der Waals surface area contributed by atoms with Crippen LogP contribution in [0.1, 0.15) is 24.3 Å². The van der Waals surface area contributed by atoms with E-state index in [-0.39, 0.29) is 11.7 Å². The molecule has 6 nitrogen and oxygen atoms in total. The lowest BCUT2D eigenvalue weighted by Gasteiger charge is -2.16. The standard InChI is InChI=1S/C18H18ClN3O3S/c1-11-7-13(21-25-11)10-26-18-20-16-8-12(19)4-5-15(16)17(23)22(18)9-14-3-2-6-24-14/h4-5,7-8,14H,2-3,6,9-10H2,1H3/t14-/m0/s1. The van der Waals surface area contributed by atoms with Crippen molar-refractivity contribution in [2.75, 3.05) is 6.61 Å². The average Bonchev–Trinajstić information content (AvgIpc) is 3.27. The summed E-state index contributed by atoms with van der Waals surface area (Å²) >= 11 is 7.54. The summed E-state index contributed by atoms with van der Waals surface area (Å²) in [6, 6.07) is 7.05. The lowest BCUT2D eigenvalue weighted by atomic mass is 10.2. The Morgan fingerprint density at radius 3 is 3.00 bits per heavy atom. The van der Waals surface area contributed by atoms with Gasteiger partial charge in [0.25, 0.3) is 5.56 Å². The molecule has 0 bridgehead atoms. The van der Waals surface area contributed by atoms with Crippen LogP contribution in [-0.2, 0) is 17.0 Å². The Morgan fingerprint density at radius 1 is 1.38 bits per heavy atom. The summed E-state index contributed by atoms with van der Waals surface area (Å²) in [5.74, 6) is 1.33. The first kappa shape index (κ1) is 17.6. The van der Waals surface area contributed by atoms with Gasteiger partial charge in [0.15, 0.2) is 5.16 Å². The SMILES string of the molecule is Cc1cc(CSc2nc3cc(Cl)ccc3c(=O)n2C[C@@H]2CCCO2)no1. The Labute approximate surface area is 159 Å². The van der Waals surface area contributed by atoms with Gasteiger partial charge in [-0.05, 0) is 38.0 Å². The number of aromatic nitrogens is 3. The van der Waals surface area contributed by atoms with Crippen molar-refractivity contribution in [3.63, 3.8) is 0 Å².